The number of ether oxygens (including phenoxy) is 1. The number of hydrogen-bond acceptors (Lipinski definition) is 3. The van der Waals surface area contributed by atoms with Crippen LogP contribution >= 0.6 is 0 Å². The number of carboxylic acids is 1. The zero-order chi connectivity index (χ0) is 12.4. The van der Waals surface area contributed by atoms with Crippen molar-refractivity contribution in [3.8, 4) is 0 Å². The molecule has 0 aliphatic carbocycles. The van der Waals surface area contributed by atoms with E-state index in [4.69, 9.17) is 9.84 Å². The maximum absolute atomic E-state index is 11.5. The molecule has 0 atom stereocenters. The minimum absolute atomic E-state index is 0.0401. The van der Waals surface area contributed by atoms with E-state index in [9.17, 15) is 9.59 Å². The van der Waals surface area contributed by atoms with Crippen LogP contribution in [0.1, 0.15) is 22.3 Å². The molecule has 0 saturated heterocycles. The summed E-state index contributed by atoms with van der Waals surface area (Å²) in [6.45, 7) is 3.49. The van der Waals surface area contributed by atoms with Crippen molar-refractivity contribution in [3.05, 3.63) is 53.6 Å². The van der Waals surface area contributed by atoms with Crippen molar-refractivity contribution in [1.29, 1.82) is 0 Å². The first kappa shape index (κ1) is 11.1. The lowest BCUT2D eigenvalue weighted by molar-refractivity contribution is -0.132. The van der Waals surface area contributed by atoms with Gasteiger partial charge in [-0.1, -0.05) is 24.3 Å². The molecule has 17 heavy (non-hydrogen) atoms. The number of carboxylic acid groups (broad SMARTS) is 1. The fraction of sp³-hybridized carbons (Fsp3) is 0.0769. The molecular weight excluding hydrogens is 220 g/mol. The number of esters is 1. The topological polar surface area (TPSA) is 63.6 Å². The van der Waals surface area contributed by atoms with E-state index in [1.165, 1.54) is 6.08 Å². The summed E-state index contributed by atoms with van der Waals surface area (Å²) in [7, 11) is 0. The first-order chi connectivity index (χ1) is 8.15. The van der Waals surface area contributed by atoms with Crippen LogP contribution in [0.15, 0.2) is 42.5 Å². The van der Waals surface area contributed by atoms with E-state index in [0.717, 1.165) is 0 Å². The Balaban J connectivity index is 2.62. The van der Waals surface area contributed by atoms with Gasteiger partial charge >= 0.3 is 11.9 Å². The second-order valence-corrected chi connectivity index (χ2v) is 3.54. The molecule has 0 amide bonds. The normalized spacial score (nSPS) is 16.1. The molecule has 0 spiro atoms. The molecule has 1 aromatic carbocycles. The molecule has 4 nitrogen and oxygen atoms in total. The Morgan fingerprint density at radius 3 is 2.59 bits per heavy atom. The molecule has 2 rings (SSSR count). The molecule has 0 fully saturated rings. The summed E-state index contributed by atoms with van der Waals surface area (Å²) in [6, 6.07) is 6.71. The van der Waals surface area contributed by atoms with E-state index in [1.54, 1.807) is 24.3 Å². The molecule has 1 N–H and O–H groups in total. The summed E-state index contributed by atoms with van der Waals surface area (Å²) in [4.78, 5) is 22.6. The number of benzene rings is 1. The second-order valence-electron chi connectivity index (χ2n) is 3.54. The second kappa shape index (κ2) is 4.25. The van der Waals surface area contributed by atoms with Crippen LogP contribution in [0, 0.1) is 0 Å². The Bertz CT molecular complexity index is 540. The number of cyclic esters (lactones) is 1. The van der Waals surface area contributed by atoms with Crippen LogP contribution in [0.5, 0.6) is 0 Å². The van der Waals surface area contributed by atoms with Crippen LogP contribution < -0.4 is 0 Å². The first-order valence-corrected chi connectivity index (χ1v) is 5.04. The minimum atomic E-state index is -1.11. The molecule has 0 aromatic heterocycles. The van der Waals surface area contributed by atoms with E-state index in [1.807, 2.05) is 0 Å². The highest BCUT2D eigenvalue weighted by Gasteiger charge is 2.30. The molecule has 1 heterocycles. The standard InChI is InChI=1S/C13H10O4/c1-2-5-10(12(14)15)11-8-6-3-4-7-9(8)13(16)17-11/h2-4,6-7H,1,5H2,(H,14,15)/b11-10+. The number of hydrogen-bond donors (Lipinski definition) is 1. The van der Waals surface area contributed by atoms with Gasteiger partial charge in [-0.05, 0) is 6.07 Å². The monoisotopic (exact) mass is 230 g/mol. The van der Waals surface area contributed by atoms with E-state index in [0.29, 0.717) is 11.1 Å². The van der Waals surface area contributed by atoms with Gasteiger partial charge in [0.15, 0.2) is 0 Å². The Morgan fingerprint density at radius 2 is 2.00 bits per heavy atom. The molecule has 0 radical (unpaired) electrons. The third kappa shape index (κ3) is 1.85. The quantitative estimate of drug-likeness (QED) is 0.491. The number of aliphatic carboxylic acids is 1. The highest BCUT2D eigenvalue weighted by atomic mass is 16.5. The van der Waals surface area contributed by atoms with E-state index in [-0.39, 0.29) is 17.8 Å². The van der Waals surface area contributed by atoms with Crippen molar-refractivity contribution in [2.24, 2.45) is 0 Å². The van der Waals surface area contributed by atoms with Gasteiger partial charge in [0.2, 0.25) is 0 Å². The minimum Gasteiger partial charge on any atom is -0.478 e. The maximum Gasteiger partial charge on any atom is 0.344 e. The summed E-state index contributed by atoms with van der Waals surface area (Å²) in [6.07, 6.45) is 1.61. The Hall–Kier alpha value is -2.36. The first-order valence-electron chi connectivity index (χ1n) is 5.04. The number of fused-ring (bicyclic) bond motifs is 1. The van der Waals surface area contributed by atoms with Crippen molar-refractivity contribution < 1.29 is 19.4 Å². The van der Waals surface area contributed by atoms with Crippen LogP contribution in [0.3, 0.4) is 0 Å². The van der Waals surface area contributed by atoms with Crippen LogP contribution in [0.4, 0.5) is 0 Å². The van der Waals surface area contributed by atoms with Crippen LogP contribution in [-0.2, 0) is 9.53 Å². The largest absolute Gasteiger partial charge is 0.478 e. The summed E-state index contributed by atoms with van der Waals surface area (Å²) < 4.78 is 5.02. The Kier molecular flexibility index (Phi) is 2.78. The molecular formula is C13H10O4. The molecule has 4 heteroatoms. The maximum atomic E-state index is 11.5. The Labute approximate surface area is 97.8 Å². The van der Waals surface area contributed by atoms with E-state index >= 15 is 0 Å². The predicted molar refractivity (Wildman–Crippen MR) is 61.2 cm³/mol. The zero-order valence-electron chi connectivity index (χ0n) is 8.97. The van der Waals surface area contributed by atoms with Gasteiger partial charge in [-0.3, -0.25) is 0 Å². The summed E-state index contributed by atoms with van der Waals surface area (Å²) in [5, 5.41) is 9.08. The SMILES string of the molecule is C=CC/C(C(=O)O)=C1\OC(=O)c2ccccc21. The van der Waals surface area contributed by atoms with E-state index < -0.39 is 11.9 Å². The van der Waals surface area contributed by atoms with Crippen molar-refractivity contribution >= 4 is 17.7 Å². The molecule has 1 aromatic rings. The van der Waals surface area contributed by atoms with Crippen molar-refractivity contribution in [2.45, 2.75) is 6.42 Å². The number of carbonyl (C=O) groups excluding carboxylic acids is 1. The average Bonchev–Trinajstić information content (AvgIpc) is 2.64. The Morgan fingerprint density at radius 1 is 1.35 bits per heavy atom. The fourth-order valence-corrected chi connectivity index (χ4v) is 1.71. The highest BCUT2D eigenvalue weighted by molar-refractivity contribution is 6.07. The summed E-state index contributed by atoms with van der Waals surface area (Å²) >= 11 is 0. The molecule has 86 valence electrons. The fourth-order valence-electron chi connectivity index (χ4n) is 1.71. The predicted octanol–water partition coefficient (Wildman–Crippen LogP) is 2.23. The smallest absolute Gasteiger partial charge is 0.344 e. The van der Waals surface area contributed by atoms with Gasteiger partial charge in [-0.15, -0.1) is 6.58 Å². The van der Waals surface area contributed by atoms with Gasteiger partial charge in [-0.25, -0.2) is 9.59 Å². The summed E-state index contributed by atoms with van der Waals surface area (Å²) in [5.74, 6) is -1.50. The van der Waals surface area contributed by atoms with Crippen LogP contribution in [0.2, 0.25) is 0 Å². The molecule has 0 unspecified atom stereocenters. The molecule has 0 bridgehead atoms. The van der Waals surface area contributed by atoms with Crippen LogP contribution in [-0.4, -0.2) is 17.0 Å². The van der Waals surface area contributed by atoms with Gasteiger partial charge in [0.1, 0.15) is 5.76 Å². The van der Waals surface area contributed by atoms with Crippen molar-refractivity contribution in [2.75, 3.05) is 0 Å². The number of carbonyl (C=O) groups is 2. The molecule has 0 saturated carbocycles. The van der Waals surface area contributed by atoms with Gasteiger partial charge in [0.05, 0.1) is 11.1 Å². The van der Waals surface area contributed by atoms with Gasteiger partial charge in [-0.2, -0.15) is 0 Å². The molecule has 1 aliphatic heterocycles. The highest BCUT2D eigenvalue weighted by Crippen LogP contribution is 2.33. The lowest BCUT2D eigenvalue weighted by Gasteiger charge is -2.03. The van der Waals surface area contributed by atoms with E-state index in [2.05, 4.69) is 6.58 Å². The lowest BCUT2D eigenvalue weighted by Crippen LogP contribution is -2.04. The third-order valence-electron chi connectivity index (χ3n) is 2.47. The van der Waals surface area contributed by atoms with Gasteiger partial charge < -0.3 is 9.84 Å². The lowest BCUT2D eigenvalue weighted by atomic mass is 10.0. The number of rotatable bonds is 3. The average molecular weight is 230 g/mol. The number of allylic oxidation sites excluding steroid dienone is 1. The van der Waals surface area contributed by atoms with Gasteiger partial charge in [0, 0.05) is 12.0 Å². The summed E-state index contributed by atoms with van der Waals surface area (Å²) in [5.41, 5.74) is 0.959. The van der Waals surface area contributed by atoms with Crippen LogP contribution in [0.25, 0.3) is 5.76 Å². The zero-order valence-corrected chi connectivity index (χ0v) is 8.97. The third-order valence-corrected chi connectivity index (χ3v) is 2.47. The van der Waals surface area contributed by atoms with Crippen molar-refractivity contribution in [3.63, 3.8) is 0 Å². The van der Waals surface area contributed by atoms with Crippen molar-refractivity contribution in [1.82, 2.24) is 0 Å². The molecule has 1 aliphatic rings. The van der Waals surface area contributed by atoms with Gasteiger partial charge in [0.25, 0.3) is 0 Å².